The molecule has 578 valence electrons. The van der Waals surface area contributed by atoms with Gasteiger partial charge in [-0.15, -0.1) is 0 Å². The van der Waals surface area contributed by atoms with Gasteiger partial charge in [0.05, 0.1) is 64.5 Å². The average molecular weight is 1560 g/mol. The first kappa shape index (κ1) is 81.8. The Balaban J connectivity index is 0.000000232. The molecular weight excluding hydrogens is 1470 g/mol. The molecule has 30 heteroatoms. The van der Waals surface area contributed by atoms with E-state index in [9.17, 15) is 61.2 Å². The number of pyridine rings is 2. The number of carbonyl (C=O) groups excluding carboxylic acids is 5. The summed E-state index contributed by atoms with van der Waals surface area (Å²) in [6.45, 7) is 4.65. The molecule has 1 saturated heterocycles. The number of para-hydroxylation sites is 2. The lowest BCUT2D eigenvalue weighted by molar-refractivity contribution is -0.277. The molecule has 107 heavy (non-hydrogen) atoms. The number of sulfone groups is 2. The zero-order valence-electron chi connectivity index (χ0n) is 59.9. The molecule has 3 heterocycles. The van der Waals surface area contributed by atoms with Crippen LogP contribution < -0.4 is 20.1 Å². The smallest absolute Gasteiger partial charge is 0.305 e. The van der Waals surface area contributed by atoms with Crippen molar-refractivity contribution in [2.45, 2.75) is 213 Å². The molecule has 5 fully saturated rings. The number of carbonyl (C=O) groups is 5. The van der Waals surface area contributed by atoms with Crippen LogP contribution in [0.15, 0.2) is 132 Å². The number of unbranched alkanes of at least 4 members (excludes halogenated alkanes) is 4. The maximum absolute atomic E-state index is 13.4. The van der Waals surface area contributed by atoms with Gasteiger partial charge in [0.1, 0.15) is 35.9 Å². The predicted octanol–water partition coefficient (Wildman–Crippen LogP) is 8.64. The third kappa shape index (κ3) is 21.8. The molecule has 1 unspecified atom stereocenters. The molecule has 4 aromatic carbocycles. The summed E-state index contributed by atoms with van der Waals surface area (Å²) in [5.74, 6) is -3.09. The predicted molar refractivity (Wildman–Crippen MR) is 391 cm³/mol. The first-order chi connectivity index (χ1) is 51.1. The summed E-state index contributed by atoms with van der Waals surface area (Å²) >= 11 is 13.1. The van der Waals surface area contributed by atoms with Crippen molar-refractivity contribution >= 4 is 72.6 Å². The zero-order chi connectivity index (χ0) is 76.8. The summed E-state index contributed by atoms with van der Waals surface area (Å²) < 4.78 is 100. The number of nitrogens with one attached hydrogen (secondary N) is 2. The van der Waals surface area contributed by atoms with E-state index in [-0.39, 0.29) is 59.8 Å². The fraction of sp³-hybridized carbons (Fsp3) is 0.494. The van der Waals surface area contributed by atoms with Crippen LogP contribution >= 0.6 is 23.2 Å². The Morgan fingerprint density at radius 3 is 1.46 bits per heavy atom. The molecule has 2 amide bonds. The van der Waals surface area contributed by atoms with Gasteiger partial charge in [-0.25, -0.2) is 16.8 Å². The van der Waals surface area contributed by atoms with Gasteiger partial charge in [-0.2, -0.15) is 0 Å². The normalized spacial score (nSPS) is 20.3. The summed E-state index contributed by atoms with van der Waals surface area (Å²) in [7, 11) is -7.34. The van der Waals surface area contributed by atoms with Crippen LogP contribution in [0.5, 0.6) is 11.5 Å². The van der Waals surface area contributed by atoms with Crippen LogP contribution in [-0.4, -0.2) is 174 Å². The van der Waals surface area contributed by atoms with Crippen LogP contribution in [0.3, 0.4) is 0 Å². The number of hydrogen-bond donors (Lipinski definition) is 7. The third-order valence-corrected chi connectivity index (χ3v) is 23.4. The second kappa shape index (κ2) is 36.7. The minimum Gasteiger partial charge on any atom is -0.490 e. The summed E-state index contributed by atoms with van der Waals surface area (Å²) in [6, 6.07) is 29.1. The van der Waals surface area contributed by atoms with Crippen LogP contribution in [0.4, 0.5) is 0 Å². The Hall–Kier alpha value is -7.71. The topological polar surface area (TPSA) is 378 Å². The SMILES string of the molecule is CC(=O)OC1O[C@H](C(=O)NCCCCCS(=O)(=O)c2ccc(Cl)c(COC3(c4cnccc4-c4ccccc4OC4CC4)CC3)c2)[C@@H](C)[C@H](OC(C)=O)[C@H]1OC(C)=O.O=C(NCCCCCS(=O)(=O)c1ccc(Cl)c(COC2(c3cnccc3-c3ccccc3OC3CC3)CC2)c1)[C@@H](O)[C@@H](O)[C@H](O)[C@@H](O)CO. The van der Waals surface area contributed by atoms with Gasteiger partial charge in [0, 0.05) is 96.9 Å². The van der Waals surface area contributed by atoms with E-state index < -0.39 is 122 Å². The fourth-order valence-electron chi connectivity index (χ4n) is 12.6. The number of nitrogens with zero attached hydrogens (tertiary/aromatic N) is 2. The highest BCUT2D eigenvalue weighted by Gasteiger charge is 2.53. The molecule has 7 N–H and O–H groups in total. The molecule has 1 aliphatic heterocycles. The van der Waals surface area contributed by atoms with Gasteiger partial charge in [0.2, 0.25) is 18.3 Å². The molecule has 0 spiro atoms. The summed E-state index contributed by atoms with van der Waals surface area (Å²) in [6.07, 6.45) is 4.56. The maximum atomic E-state index is 13.4. The van der Waals surface area contributed by atoms with Gasteiger partial charge in [-0.05, 0) is 160 Å². The fourth-order valence-corrected chi connectivity index (χ4v) is 15.8. The van der Waals surface area contributed by atoms with Crippen LogP contribution in [-0.2, 0) is 96.5 Å². The number of ether oxygens (including phenoxy) is 8. The molecule has 4 aliphatic carbocycles. The van der Waals surface area contributed by atoms with Crippen molar-refractivity contribution in [2.24, 2.45) is 5.92 Å². The zero-order valence-corrected chi connectivity index (χ0v) is 63.0. The highest BCUT2D eigenvalue weighted by atomic mass is 35.5. The number of hydrogen-bond acceptors (Lipinski definition) is 24. The van der Waals surface area contributed by atoms with E-state index in [0.29, 0.717) is 59.7 Å². The van der Waals surface area contributed by atoms with Gasteiger partial charge < -0.3 is 74.1 Å². The average Bonchev–Trinajstić information content (AvgIpc) is 1.62. The van der Waals surface area contributed by atoms with Crippen molar-refractivity contribution in [2.75, 3.05) is 31.2 Å². The monoisotopic (exact) mass is 1560 g/mol. The minimum absolute atomic E-state index is 0.0866. The minimum atomic E-state index is -3.68. The van der Waals surface area contributed by atoms with Crippen molar-refractivity contribution in [3.05, 3.63) is 154 Å². The first-order valence-electron chi connectivity index (χ1n) is 35.9. The van der Waals surface area contributed by atoms with Crippen molar-refractivity contribution < 1.29 is 104 Å². The van der Waals surface area contributed by atoms with E-state index >= 15 is 0 Å². The Morgan fingerprint density at radius 2 is 1.02 bits per heavy atom. The standard InChI is InChI=1S/C42H49ClN2O12S.C35H43ClN2O10S/c1-25-37(53-26(2)46)39(54-27(3)47)41(55-28(4)48)57-38(25)40(49)45-19-8-5-9-21-58(50,51)31-14-15-35(43)29(22-31)24-52-42(17-18-42)34-23-44-20-16-32(34)33-10-6-7-11-36(33)56-30-12-13-30;36-28-11-10-24(49(45,46)17-5-1-4-15-38-34(44)33(43)32(42)31(41)29(40)20-39)18-22(28)21-47-35(13-14-35)27-19-37-16-12-25(27)26-6-2-3-7-30(26)48-23-8-9-23/h6-7,10-11,14-16,20,22-23,25,30,37-39,41H,5,8-9,12-13,17-19,21,24H2,1-4H3,(H,45,49);2-3,6-7,10-12,16,18-19,23,29,31-33,39-43H,1,4-5,8-9,13-15,17,20-21H2,(H,38,44)/t25-,37-,38-,39+,41?;29-,31+,32-,33-/m00/s1. The van der Waals surface area contributed by atoms with Crippen molar-refractivity contribution in [1.29, 1.82) is 0 Å². The summed E-state index contributed by atoms with van der Waals surface area (Å²) in [5, 5.41) is 53.6. The van der Waals surface area contributed by atoms with Crippen molar-refractivity contribution in [3.8, 4) is 33.8 Å². The first-order valence-corrected chi connectivity index (χ1v) is 40.0. The molecular formula is C77H92Cl2N4O22S2. The van der Waals surface area contributed by atoms with Gasteiger partial charge >= 0.3 is 17.9 Å². The van der Waals surface area contributed by atoms with E-state index in [4.69, 9.17) is 66.2 Å². The molecule has 26 nitrogen and oxygen atoms in total. The Bertz CT molecular complexity index is 4350. The second-order valence-corrected chi connectivity index (χ2v) is 32.6. The van der Waals surface area contributed by atoms with Crippen LogP contribution in [0, 0.1) is 5.92 Å². The molecule has 5 aliphatic rings. The van der Waals surface area contributed by atoms with Gasteiger partial charge in [-0.3, -0.25) is 33.9 Å². The Labute approximate surface area is 631 Å². The molecule has 9 atom stereocenters. The highest BCUT2D eigenvalue weighted by molar-refractivity contribution is 7.91. The number of aliphatic hydroxyl groups excluding tert-OH is 5. The quantitative estimate of drug-likeness (QED) is 0.0109. The molecule has 6 aromatic rings. The van der Waals surface area contributed by atoms with E-state index in [2.05, 4.69) is 20.6 Å². The number of aromatic nitrogens is 2. The summed E-state index contributed by atoms with van der Waals surface area (Å²) in [4.78, 5) is 69.8. The molecule has 0 bridgehead atoms. The molecule has 2 aromatic heterocycles. The largest absolute Gasteiger partial charge is 0.490 e. The van der Waals surface area contributed by atoms with E-state index in [0.717, 1.165) is 110 Å². The number of halogens is 2. The van der Waals surface area contributed by atoms with Crippen molar-refractivity contribution in [1.82, 2.24) is 20.6 Å². The van der Waals surface area contributed by atoms with Crippen molar-refractivity contribution in [3.63, 3.8) is 0 Å². The van der Waals surface area contributed by atoms with Crippen LogP contribution in [0.25, 0.3) is 22.3 Å². The highest BCUT2D eigenvalue weighted by Crippen LogP contribution is 2.55. The second-order valence-electron chi connectivity index (χ2n) is 27.6. The number of amides is 2. The lowest BCUT2D eigenvalue weighted by atomic mass is 9.89. The molecule has 0 radical (unpaired) electrons. The number of esters is 3. The van der Waals surface area contributed by atoms with E-state index in [1.807, 2.05) is 73.1 Å². The van der Waals surface area contributed by atoms with Gasteiger partial charge in [0.15, 0.2) is 31.9 Å². The molecule has 11 rings (SSSR count). The third-order valence-electron chi connectivity index (χ3n) is 19.1. The lowest BCUT2D eigenvalue weighted by Gasteiger charge is -2.42. The van der Waals surface area contributed by atoms with E-state index in [1.54, 1.807) is 43.6 Å². The lowest BCUT2D eigenvalue weighted by Crippen LogP contribution is -2.60. The van der Waals surface area contributed by atoms with Gasteiger partial charge in [0.25, 0.3) is 5.91 Å². The van der Waals surface area contributed by atoms with E-state index in [1.165, 1.54) is 19.1 Å². The van der Waals surface area contributed by atoms with Gasteiger partial charge in [-0.1, -0.05) is 79.4 Å². The maximum Gasteiger partial charge on any atom is 0.305 e. The van der Waals surface area contributed by atoms with Crippen LogP contribution in [0.2, 0.25) is 10.0 Å². The number of benzene rings is 4. The van der Waals surface area contributed by atoms with Crippen LogP contribution in [0.1, 0.15) is 140 Å². The number of rotatable bonds is 37. The summed E-state index contributed by atoms with van der Waals surface area (Å²) in [5.41, 5.74) is 5.75. The molecule has 4 saturated carbocycles. The Kier molecular flexibility index (Phi) is 28.0. The Morgan fingerprint density at radius 1 is 0.570 bits per heavy atom. The number of aliphatic hydroxyl groups is 5.